The summed E-state index contributed by atoms with van der Waals surface area (Å²) in [5.74, 6) is 0.758. The van der Waals surface area contributed by atoms with E-state index in [2.05, 4.69) is 27.5 Å². The molecule has 0 amide bonds. The summed E-state index contributed by atoms with van der Waals surface area (Å²) < 4.78 is 0. The zero-order chi connectivity index (χ0) is 11.2. The van der Waals surface area contributed by atoms with E-state index >= 15 is 0 Å². The second-order valence-electron chi connectivity index (χ2n) is 4.35. The largest absolute Gasteiger partial charge is 0.350 e. The second kappa shape index (κ2) is 5.80. The van der Waals surface area contributed by atoms with Crippen LogP contribution >= 0.6 is 0 Å². The summed E-state index contributed by atoms with van der Waals surface area (Å²) >= 11 is 0. The van der Waals surface area contributed by atoms with E-state index in [1.54, 1.807) is 0 Å². The second-order valence-corrected chi connectivity index (χ2v) is 4.35. The molecule has 2 heterocycles. The maximum Gasteiger partial charge on any atom is 0.222 e. The average Bonchev–Trinajstić information content (AvgIpc) is 2.33. The molecule has 2 N–H and O–H groups in total. The number of aryl methyl sites for hydroxylation is 1. The van der Waals surface area contributed by atoms with Gasteiger partial charge < -0.3 is 10.6 Å². The van der Waals surface area contributed by atoms with Crippen molar-refractivity contribution in [3.05, 3.63) is 18.0 Å². The molecule has 1 aromatic heterocycles. The predicted molar refractivity (Wildman–Crippen MR) is 65.5 cm³/mol. The van der Waals surface area contributed by atoms with Gasteiger partial charge >= 0.3 is 0 Å². The highest BCUT2D eigenvalue weighted by Crippen LogP contribution is 2.08. The van der Waals surface area contributed by atoms with E-state index in [0.717, 1.165) is 31.9 Å². The minimum atomic E-state index is 0.478. The van der Waals surface area contributed by atoms with Gasteiger partial charge in [0, 0.05) is 25.0 Å². The molecule has 1 unspecified atom stereocenters. The fourth-order valence-corrected chi connectivity index (χ4v) is 2.00. The normalized spacial score (nSPS) is 20.7. The fraction of sp³-hybridized carbons (Fsp3) is 0.667. The van der Waals surface area contributed by atoms with Crippen LogP contribution in [0.2, 0.25) is 0 Å². The number of anilines is 1. The number of piperidine rings is 1. The third-order valence-corrected chi connectivity index (χ3v) is 2.87. The predicted octanol–water partition coefficient (Wildman–Crippen LogP) is 1.59. The van der Waals surface area contributed by atoms with Crippen LogP contribution in [-0.4, -0.2) is 29.1 Å². The maximum absolute atomic E-state index is 4.34. The van der Waals surface area contributed by atoms with E-state index in [1.165, 1.54) is 18.4 Å². The van der Waals surface area contributed by atoms with E-state index in [-0.39, 0.29) is 0 Å². The standard InChI is InChI=1S/C12H20N4/c1-2-4-10-7-14-12(15-8-10)16-11-5-3-6-13-9-11/h7-8,11,13H,2-6,9H2,1H3,(H,14,15,16). The van der Waals surface area contributed by atoms with E-state index < -0.39 is 0 Å². The molecule has 0 spiro atoms. The molecule has 4 heteroatoms. The Bertz CT molecular complexity index is 303. The zero-order valence-corrected chi connectivity index (χ0v) is 9.87. The van der Waals surface area contributed by atoms with Crippen molar-refractivity contribution in [2.45, 2.75) is 38.6 Å². The first-order chi connectivity index (χ1) is 7.88. The number of nitrogens with zero attached hydrogens (tertiary/aromatic N) is 2. The summed E-state index contributed by atoms with van der Waals surface area (Å²) in [6.45, 7) is 4.31. The van der Waals surface area contributed by atoms with E-state index in [0.29, 0.717) is 6.04 Å². The number of hydrogen-bond acceptors (Lipinski definition) is 4. The van der Waals surface area contributed by atoms with Gasteiger partial charge in [-0.1, -0.05) is 13.3 Å². The van der Waals surface area contributed by atoms with Crippen LogP contribution in [0.3, 0.4) is 0 Å². The van der Waals surface area contributed by atoms with Crippen LogP contribution in [0.5, 0.6) is 0 Å². The quantitative estimate of drug-likeness (QED) is 0.809. The Labute approximate surface area is 96.9 Å². The van der Waals surface area contributed by atoms with Gasteiger partial charge in [0.25, 0.3) is 0 Å². The zero-order valence-electron chi connectivity index (χ0n) is 9.87. The molecular formula is C12H20N4. The number of hydrogen-bond donors (Lipinski definition) is 2. The molecule has 1 atom stereocenters. The van der Waals surface area contributed by atoms with Crippen LogP contribution in [0.15, 0.2) is 12.4 Å². The monoisotopic (exact) mass is 220 g/mol. The van der Waals surface area contributed by atoms with Gasteiger partial charge in [-0.3, -0.25) is 0 Å². The first-order valence-electron chi connectivity index (χ1n) is 6.16. The van der Waals surface area contributed by atoms with E-state index in [1.807, 2.05) is 12.4 Å². The molecule has 0 aromatic carbocycles. The molecule has 1 saturated heterocycles. The molecule has 1 aliphatic rings. The molecule has 16 heavy (non-hydrogen) atoms. The molecule has 1 aliphatic heterocycles. The van der Waals surface area contributed by atoms with E-state index in [4.69, 9.17) is 0 Å². The Morgan fingerprint density at radius 3 is 2.88 bits per heavy atom. The topological polar surface area (TPSA) is 49.8 Å². The fourth-order valence-electron chi connectivity index (χ4n) is 2.00. The molecule has 1 fully saturated rings. The highest BCUT2D eigenvalue weighted by Gasteiger charge is 2.13. The van der Waals surface area contributed by atoms with Gasteiger partial charge in [-0.15, -0.1) is 0 Å². The highest BCUT2D eigenvalue weighted by molar-refractivity contribution is 5.26. The summed E-state index contributed by atoms with van der Waals surface area (Å²) in [4.78, 5) is 8.68. The van der Waals surface area contributed by atoms with Gasteiger partial charge in [-0.25, -0.2) is 9.97 Å². The maximum atomic E-state index is 4.34. The lowest BCUT2D eigenvalue weighted by atomic mass is 10.1. The Kier molecular flexibility index (Phi) is 4.10. The summed E-state index contributed by atoms with van der Waals surface area (Å²) in [6.07, 6.45) is 8.48. The molecule has 0 radical (unpaired) electrons. The van der Waals surface area contributed by atoms with Crippen LogP contribution in [0.25, 0.3) is 0 Å². The van der Waals surface area contributed by atoms with Crippen molar-refractivity contribution in [3.8, 4) is 0 Å². The van der Waals surface area contributed by atoms with Crippen LogP contribution < -0.4 is 10.6 Å². The molecule has 88 valence electrons. The molecular weight excluding hydrogens is 200 g/mol. The van der Waals surface area contributed by atoms with Gasteiger partial charge in [0.2, 0.25) is 5.95 Å². The molecule has 2 rings (SSSR count). The first-order valence-corrected chi connectivity index (χ1v) is 6.16. The number of rotatable bonds is 4. The van der Waals surface area contributed by atoms with Crippen molar-refractivity contribution in [2.24, 2.45) is 0 Å². The minimum Gasteiger partial charge on any atom is -0.350 e. The van der Waals surface area contributed by atoms with Crippen molar-refractivity contribution in [2.75, 3.05) is 18.4 Å². The highest BCUT2D eigenvalue weighted by atomic mass is 15.1. The Morgan fingerprint density at radius 2 is 2.25 bits per heavy atom. The molecule has 4 nitrogen and oxygen atoms in total. The Hall–Kier alpha value is -1.16. The SMILES string of the molecule is CCCc1cnc(NC2CCCNC2)nc1. The van der Waals surface area contributed by atoms with Crippen LogP contribution in [-0.2, 0) is 6.42 Å². The van der Waals surface area contributed by atoms with Crippen molar-refractivity contribution in [3.63, 3.8) is 0 Å². The third kappa shape index (κ3) is 3.17. The van der Waals surface area contributed by atoms with Crippen molar-refractivity contribution in [1.82, 2.24) is 15.3 Å². The first kappa shape index (κ1) is 11.3. The Morgan fingerprint density at radius 1 is 1.44 bits per heavy atom. The molecule has 0 bridgehead atoms. The van der Waals surface area contributed by atoms with Crippen molar-refractivity contribution < 1.29 is 0 Å². The minimum absolute atomic E-state index is 0.478. The number of aromatic nitrogens is 2. The molecule has 0 saturated carbocycles. The third-order valence-electron chi connectivity index (χ3n) is 2.87. The van der Waals surface area contributed by atoms with Gasteiger partial charge in [0.1, 0.15) is 0 Å². The lowest BCUT2D eigenvalue weighted by Gasteiger charge is -2.23. The van der Waals surface area contributed by atoms with Gasteiger partial charge in [-0.05, 0) is 31.4 Å². The Balaban J connectivity index is 1.88. The summed E-state index contributed by atoms with van der Waals surface area (Å²) in [5, 5.41) is 6.73. The van der Waals surface area contributed by atoms with Crippen LogP contribution in [0, 0.1) is 0 Å². The summed E-state index contributed by atoms with van der Waals surface area (Å²) in [6, 6.07) is 0.478. The average molecular weight is 220 g/mol. The molecule has 1 aromatic rings. The van der Waals surface area contributed by atoms with Crippen LogP contribution in [0.1, 0.15) is 31.7 Å². The van der Waals surface area contributed by atoms with E-state index in [9.17, 15) is 0 Å². The summed E-state index contributed by atoms with van der Waals surface area (Å²) in [7, 11) is 0. The number of nitrogens with one attached hydrogen (secondary N) is 2. The molecule has 0 aliphatic carbocycles. The van der Waals surface area contributed by atoms with Gasteiger partial charge in [0.05, 0.1) is 0 Å². The summed E-state index contributed by atoms with van der Waals surface area (Å²) in [5.41, 5.74) is 1.22. The smallest absolute Gasteiger partial charge is 0.222 e. The van der Waals surface area contributed by atoms with Crippen molar-refractivity contribution in [1.29, 1.82) is 0 Å². The van der Waals surface area contributed by atoms with Crippen molar-refractivity contribution >= 4 is 5.95 Å². The lowest BCUT2D eigenvalue weighted by molar-refractivity contribution is 0.478. The lowest BCUT2D eigenvalue weighted by Crippen LogP contribution is -2.38. The van der Waals surface area contributed by atoms with Gasteiger partial charge in [0.15, 0.2) is 0 Å². The van der Waals surface area contributed by atoms with Crippen LogP contribution in [0.4, 0.5) is 5.95 Å². The van der Waals surface area contributed by atoms with Gasteiger partial charge in [-0.2, -0.15) is 0 Å².